The average molecular weight is 297 g/mol. The third-order valence-corrected chi connectivity index (χ3v) is 4.61. The van der Waals surface area contributed by atoms with Crippen LogP contribution in [0.2, 0.25) is 0 Å². The zero-order valence-electron chi connectivity index (χ0n) is 11.8. The van der Waals surface area contributed by atoms with Crippen molar-refractivity contribution in [1.82, 2.24) is 9.55 Å². The Morgan fingerprint density at radius 3 is 2.89 bits per heavy atom. The van der Waals surface area contributed by atoms with Gasteiger partial charge in [-0.25, -0.2) is 4.98 Å². The largest absolute Gasteiger partial charge is 0.324 e. The summed E-state index contributed by atoms with van der Waals surface area (Å²) in [6.45, 7) is 6.57. The number of fused-ring (bicyclic) bond motifs is 1. The normalized spacial score (nSPS) is 13.1. The fourth-order valence-corrected chi connectivity index (χ4v) is 3.40. The van der Waals surface area contributed by atoms with Gasteiger partial charge in [-0.05, 0) is 43.4 Å². The highest BCUT2D eigenvalue weighted by Gasteiger charge is 2.15. The lowest BCUT2D eigenvalue weighted by Gasteiger charge is -2.16. The number of aromatic nitrogens is 2. The second-order valence-corrected chi connectivity index (χ2v) is 6.47. The van der Waals surface area contributed by atoms with Gasteiger partial charge in [-0.3, -0.25) is 0 Å². The third kappa shape index (κ3) is 3.09. The smallest absolute Gasteiger partial charge is 0.125 e. The van der Waals surface area contributed by atoms with E-state index in [0.29, 0.717) is 11.9 Å². The molecule has 2 nitrogen and oxygen atoms in total. The topological polar surface area (TPSA) is 17.8 Å². The minimum absolute atomic E-state index is 0.444. The molecule has 0 amide bonds. The lowest BCUT2D eigenvalue weighted by molar-refractivity contribution is 0.534. The van der Waals surface area contributed by atoms with Crippen LogP contribution in [0.25, 0.3) is 11.0 Å². The standard InChI is InChI=1S/C15H21ClN2S/c1-4-19-9-8-12(3)18-13-7-5-6-11(2)15(13)17-14(18)10-16/h5-7,12H,4,8-10H2,1-3H3. The van der Waals surface area contributed by atoms with Crippen molar-refractivity contribution in [1.29, 1.82) is 0 Å². The Labute approximate surface area is 124 Å². The summed E-state index contributed by atoms with van der Waals surface area (Å²) in [6, 6.07) is 6.80. The zero-order valence-corrected chi connectivity index (χ0v) is 13.4. The molecule has 2 rings (SSSR count). The van der Waals surface area contributed by atoms with Crippen molar-refractivity contribution in [2.75, 3.05) is 11.5 Å². The molecule has 2 aromatic rings. The van der Waals surface area contributed by atoms with Crippen LogP contribution in [0.4, 0.5) is 0 Å². The number of para-hydroxylation sites is 1. The summed E-state index contributed by atoms with van der Waals surface area (Å²) in [6.07, 6.45) is 1.15. The van der Waals surface area contributed by atoms with E-state index < -0.39 is 0 Å². The lowest BCUT2D eigenvalue weighted by Crippen LogP contribution is -2.09. The van der Waals surface area contributed by atoms with Crippen LogP contribution in [0.15, 0.2) is 18.2 Å². The predicted octanol–water partition coefficient (Wildman–Crippen LogP) is 4.79. The number of benzene rings is 1. The first-order chi connectivity index (χ1) is 9.19. The molecule has 0 radical (unpaired) electrons. The number of halogens is 1. The summed E-state index contributed by atoms with van der Waals surface area (Å²) in [4.78, 5) is 4.70. The molecule has 0 fully saturated rings. The molecular weight excluding hydrogens is 276 g/mol. The van der Waals surface area contributed by atoms with Gasteiger partial charge >= 0.3 is 0 Å². The van der Waals surface area contributed by atoms with Crippen molar-refractivity contribution in [3.05, 3.63) is 29.6 Å². The maximum Gasteiger partial charge on any atom is 0.125 e. The Morgan fingerprint density at radius 1 is 1.42 bits per heavy atom. The number of nitrogens with zero attached hydrogens (tertiary/aromatic N) is 2. The molecule has 0 aliphatic carbocycles. The molecule has 1 atom stereocenters. The number of hydrogen-bond donors (Lipinski definition) is 0. The highest BCUT2D eigenvalue weighted by atomic mass is 35.5. The molecule has 104 valence electrons. The summed E-state index contributed by atoms with van der Waals surface area (Å²) >= 11 is 8.06. The molecule has 0 N–H and O–H groups in total. The zero-order chi connectivity index (χ0) is 13.8. The molecule has 0 aliphatic heterocycles. The molecule has 0 spiro atoms. The first-order valence-electron chi connectivity index (χ1n) is 6.79. The first-order valence-corrected chi connectivity index (χ1v) is 8.48. The monoisotopic (exact) mass is 296 g/mol. The molecule has 1 aromatic heterocycles. The van der Waals surface area contributed by atoms with Gasteiger partial charge in [-0.1, -0.05) is 19.1 Å². The Hall–Kier alpha value is -0.670. The van der Waals surface area contributed by atoms with E-state index in [4.69, 9.17) is 16.6 Å². The van der Waals surface area contributed by atoms with E-state index >= 15 is 0 Å². The molecule has 0 saturated heterocycles. The maximum atomic E-state index is 6.07. The first kappa shape index (κ1) is 14.7. The fourth-order valence-electron chi connectivity index (χ4n) is 2.42. The van der Waals surface area contributed by atoms with Crippen LogP contribution < -0.4 is 0 Å². The molecule has 1 heterocycles. The van der Waals surface area contributed by atoms with Crippen molar-refractivity contribution in [3.63, 3.8) is 0 Å². The highest BCUT2D eigenvalue weighted by molar-refractivity contribution is 7.99. The molecule has 4 heteroatoms. The fraction of sp³-hybridized carbons (Fsp3) is 0.533. The number of alkyl halides is 1. The SMILES string of the molecule is CCSCCC(C)n1c(CCl)nc2c(C)cccc21. The summed E-state index contributed by atoms with van der Waals surface area (Å²) in [5.74, 6) is 3.82. The third-order valence-electron chi connectivity index (χ3n) is 3.44. The number of rotatable bonds is 6. The minimum Gasteiger partial charge on any atom is -0.324 e. The van der Waals surface area contributed by atoms with E-state index in [0.717, 1.165) is 17.8 Å². The number of thioether (sulfide) groups is 1. The summed E-state index contributed by atoms with van der Waals surface area (Å²) in [5.41, 5.74) is 3.52. The van der Waals surface area contributed by atoms with Crippen LogP contribution in [-0.2, 0) is 5.88 Å². The number of imidazole rings is 1. The quantitative estimate of drug-likeness (QED) is 0.563. The van der Waals surface area contributed by atoms with Crippen LogP contribution in [0.1, 0.15) is 37.7 Å². The summed E-state index contributed by atoms with van der Waals surface area (Å²) in [5, 5.41) is 0. The molecular formula is C15H21ClN2S. The second kappa shape index (κ2) is 6.67. The molecule has 0 aliphatic rings. The summed E-state index contributed by atoms with van der Waals surface area (Å²) in [7, 11) is 0. The summed E-state index contributed by atoms with van der Waals surface area (Å²) < 4.78 is 2.31. The van der Waals surface area contributed by atoms with Gasteiger partial charge < -0.3 is 4.57 Å². The minimum atomic E-state index is 0.444. The van der Waals surface area contributed by atoms with Gasteiger partial charge in [-0.15, -0.1) is 11.6 Å². The van der Waals surface area contributed by atoms with Crippen molar-refractivity contribution in [2.45, 2.75) is 39.1 Å². The van der Waals surface area contributed by atoms with Crippen molar-refractivity contribution in [3.8, 4) is 0 Å². The van der Waals surface area contributed by atoms with Crippen molar-refractivity contribution in [2.24, 2.45) is 0 Å². The molecule has 19 heavy (non-hydrogen) atoms. The van der Waals surface area contributed by atoms with Crippen molar-refractivity contribution >= 4 is 34.4 Å². The molecule has 1 unspecified atom stereocenters. The maximum absolute atomic E-state index is 6.07. The van der Waals surface area contributed by atoms with Gasteiger partial charge in [0.05, 0.1) is 16.9 Å². The van der Waals surface area contributed by atoms with E-state index in [1.807, 2.05) is 11.8 Å². The molecule has 0 bridgehead atoms. The van der Waals surface area contributed by atoms with Crippen LogP contribution in [-0.4, -0.2) is 21.1 Å². The van der Waals surface area contributed by atoms with Gasteiger partial charge in [0.25, 0.3) is 0 Å². The van der Waals surface area contributed by atoms with Gasteiger partial charge in [0.15, 0.2) is 0 Å². The van der Waals surface area contributed by atoms with E-state index in [2.05, 4.69) is 43.5 Å². The average Bonchev–Trinajstić information content (AvgIpc) is 2.79. The van der Waals surface area contributed by atoms with E-state index in [-0.39, 0.29) is 0 Å². The Kier molecular flexibility index (Phi) is 5.17. The van der Waals surface area contributed by atoms with Gasteiger partial charge in [-0.2, -0.15) is 11.8 Å². The van der Waals surface area contributed by atoms with E-state index in [1.54, 1.807) is 0 Å². The Balaban J connectivity index is 2.37. The Morgan fingerprint density at radius 2 is 2.21 bits per heavy atom. The van der Waals surface area contributed by atoms with Crippen LogP contribution in [0.5, 0.6) is 0 Å². The predicted molar refractivity (Wildman–Crippen MR) is 86.4 cm³/mol. The van der Waals surface area contributed by atoms with Crippen molar-refractivity contribution < 1.29 is 0 Å². The molecule has 1 aromatic carbocycles. The number of aryl methyl sites for hydroxylation is 1. The van der Waals surface area contributed by atoms with Crippen LogP contribution in [0, 0.1) is 6.92 Å². The second-order valence-electron chi connectivity index (χ2n) is 4.81. The van der Waals surface area contributed by atoms with Crippen LogP contribution >= 0.6 is 23.4 Å². The van der Waals surface area contributed by atoms with Crippen LogP contribution in [0.3, 0.4) is 0 Å². The highest BCUT2D eigenvalue weighted by Crippen LogP contribution is 2.26. The van der Waals surface area contributed by atoms with E-state index in [9.17, 15) is 0 Å². The Bertz CT molecular complexity index is 550. The lowest BCUT2D eigenvalue weighted by atomic mass is 10.2. The molecule has 0 saturated carbocycles. The van der Waals surface area contributed by atoms with Gasteiger partial charge in [0, 0.05) is 6.04 Å². The number of hydrogen-bond acceptors (Lipinski definition) is 2. The van der Waals surface area contributed by atoms with Gasteiger partial charge in [0.1, 0.15) is 5.82 Å². The van der Waals surface area contributed by atoms with Gasteiger partial charge in [0.2, 0.25) is 0 Å². The van der Waals surface area contributed by atoms with E-state index in [1.165, 1.54) is 22.6 Å².